The highest BCUT2D eigenvalue weighted by Gasteiger charge is 2.15. The van der Waals surface area contributed by atoms with Crippen LogP contribution in [0.15, 0.2) is 11.6 Å². The van der Waals surface area contributed by atoms with E-state index < -0.39 is 0 Å². The summed E-state index contributed by atoms with van der Waals surface area (Å²) < 4.78 is 0. The fourth-order valence-corrected chi connectivity index (χ4v) is 3.07. The number of thioether (sulfide) groups is 1. The Morgan fingerprint density at radius 1 is 1.47 bits per heavy atom. The minimum atomic E-state index is 0.615. The van der Waals surface area contributed by atoms with E-state index in [9.17, 15) is 0 Å². The van der Waals surface area contributed by atoms with Gasteiger partial charge >= 0.3 is 0 Å². The first kappa shape index (κ1) is 13.1. The highest BCUT2D eigenvalue weighted by molar-refractivity contribution is 7.99. The Balaban J connectivity index is 2.37. The van der Waals surface area contributed by atoms with Gasteiger partial charge in [0.05, 0.1) is 0 Å². The van der Waals surface area contributed by atoms with E-state index in [0.717, 1.165) is 5.25 Å². The second-order valence-electron chi connectivity index (χ2n) is 4.42. The van der Waals surface area contributed by atoms with Crippen molar-refractivity contribution in [2.75, 3.05) is 12.8 Å². The van der Waals surface area contributed by atoms with Gasteiger partial charge in [-0.15, -0.1) is 0 Å². The van der Waals surface area contributed by atoms with Crippen molar-refractivity contribution in [2.45, 2.75) is 57.2 Å². The van der Waals surface area contributed by atoms with E-state index in [2.05, 4.69) is 44.0 Å². The summed E-state index contributed by atoms with van der Waals surface area (Å²) in [5.74, 6) is 1.23. The lowest BCUT2D eigenvalue weighted by Gasteiger charge is -2.23. The van der Waals surface area contributed by atoms with Crippen LogP contribution in [0.5, 0.6) is 0 Å². The molecule has 0 saturated carbocycles. The molecule has 0 aliphatic heterocycles. The second-order valence-corrected chi connectivity index (χ2v) is 5.89. The van der Waals surface area contributed by atoms with Crippen LogP contribution in [-0.4, -0.2) is 24.1 Å². The molecule has 0 bridgehead atoms. The van der Waals surface area contributed by atoms with Gasteiger partial charge in [-0.05, 0) is 39.2 Å². The second kappa shape index (κ2) is 7.34. The third kappa shape index (κ3) is 4.60. The Morgan fingerprint density at radius 3 is 2.80 bits per heavy atom. The SMILES string of the molecule is CCC(C)SCC(NC)C1=CCCCC1. The summed E-state index contributed by atoms with van der Waals surface area (Å²) in [6.07, 6.45) is 9.12. The van der Waals surface area contributed by atoms with Gasteiger partial charge in [0.2, 0.25) is 0 Å². The molecule has 2 atom stereocenters. The third-order valence-corrected chi connectivity index (χ3v) is 4.67. The standard InChI is InChI=1S/C13H25NS/c1-4-11(2)15-10-13(14-3)12-8-6-5-7-9-12/h8,11,13-14H,4-7,9-10H2,1-3H3. The summed E-state index contributed by atoms with van der Waals surface area (Å²) >= 11 is 2.10. The van der Waals surface area contributed by atoms with E-state index in [1.807, 2.05) is 0 Å². The first-order valence-electron chi connectivity index (χ1n) is 6.25. The van der Waals surface area contributed by atoms with Crippen LogP contribution in [0.3, 0.4) is 0 Å². The maximum Gasteiger partial charge on any atom is 0.0368 e. The molecule has 0 heterocycles. The molecule has 15 heavy (non-hydrogen) atoms. The lowest BCUT2D eigenvalue weighted by Crippen LogP contribution is -2.31. The predicted molar refractivity (Wildman–Crippen MR) is 71.6 cm³/mol. The average molecular weight is 227 g/mol. The lowest BCUT2D eigenvalue weighted by molar-refractivity contribution is 0.607. The van der Waals surface area contributed by atoms with Gasteiger partial charge in [0.25, 0.3) is 0 Å². The summed E-state index contributed by atoms with van der Waals surface area (Å²) in [5.41, 5.74) is 1.65. The quantitative estimate of drug-likeness (QED) is 0.696. The van der Waals surface area contributed by atoms with Crippen LogP contribution < -0.4 is 5.32 Å². The molecule has 0 aromatic rings. The zero-order valence-electron chi connectivity index (χ0n) is 10.4. The molecule has 1 rings (SSSR count). The molecule has 1 aliphatic carbocycles. The van der Waals surface area contributed by atoms with E-state index in [0.29, 0.717) is 6.04 Å². The highest BCUT2D eigenvalue weighted by atomic mass is 32.2. The number of likely N-dealkylation sites (N-methyl/N-ethyl adjacent to an activating group) is 1. The van der Waals surface area contributed by atoms with Crippen LogP contribution in [0.25, 0.3) is 0 Å². The Labute approximate surface area is 99.1 Å². The molecule has 0 radical (unpaired) electrons. The van der Waals surface area contributed by atoms with E-state index in [1.54, 1.807) is 5.57 Å². The predicted octanol–water partition coefficient (Wildman–Crippen LogP) is 3.61. The first-order chi connectivity index (χ1) is 7.27. The number of hydrogen-bond donors (Lipinski definition) is 1. The molecule has 1 N–H and O–H groups in total. The molecule has 2 heteroatoms. The van der Waals surface area contributed by atoms with Gasteiger partial charge in [0.1, 0.15) is 0 Å². The molecule has 0 amide bonds. The number of rotatable bonds is 6. The summed E-state index contributed by atoms with van der Waals surface area (Å²) in [7, 11) is 2.09. The van der Waals surface area contributed by atoms with Gasteiger partial charge in [-0.1, -0.05) is 25.5 Å². The molecule has 0 saturated heterocycles. The lowest BCUT2D eigenvalue weighted by atomic mass is 9.95. The van der Waals surface area contributed by atoms with Gasteiger partial charge in [-0.25, -0.2) is 0 Å². The zero-order chi connectivity index (χ0) is 11.1. The van der Waals surface area contributed by atoms with Gasteiger partial charge in [0, 0.05) is 17.0 Å². The van der Waals surface area contributed by atoms with E-state index in [4.69, 9.17) is 0 Å². The van der Waals surface area contributed by atoms with E-state index >= 15 is 0 Å². The van der Waals surface area contributed by atoms with Crippen LogP contribution in [0.1, 0.15) is 46.0 Å². The Bertz CT molecular complexity index is 201. The molecule has 0 spiro atoms. The summed E-state index contributed by atoms with van der Waals surface area (Å²) in [4.78, 5) is 0. The normalized spacial score (nSPS) is 20.9. The van der Waals surface area contributed by atoms with Gasteiger partial charge < -0.3 is 5.32 Å². The van der Waals surface area contributed by atoms with Crippen molar-refractivity contribution in [1.82, 2.24) is 5.32 Å². The fraction of sp³-hybridized carbons (Fsp3) is 0.846. The zero-order valence-corrected chi connectivity index (χ0v) is 11.2. The summed E-state index contributed by atoms with van der Waals surface area (Å²) in [6.45, 7) is 4.60. The Hall–Kier alpha value is 0.0500. The van der Waals surface area contributed by atoms with E-state index in [1.165, 1.54) is 37.9 Å². The molecule has 0 aromatic heterocycles. The highest BCUT2D eigenvalue weighted by Crippen LogP contribution is 2.24. The van der Waals surface area contributed by atoms with Crippen LogP contribution in [0.4, 0.5) is 0 Å². The summed E-state index contributed by atoms with van der Waals surface area (Å²) in [5, 5.41) is 4.26. The van der Waals surface area contributed by atoms with Crippen molar-refractivity contribution in [3.05, 3.63) is 11.6 Å². The maximum absolute atomic E-state index is 3.46. The van der Waals surface area contributed by atoms with Crippen molar-refractivity contribution in [2.24, 2.45) is 0 Å². The van der Waals surface area contributed by atoms with Gasteiger partial charge in [0.15, 0.2) is 0 Å². The molecule has 88 valence electrons. The maximum atomic E-state index is 3.46. The van der Waals surface area contributed by atoms with Crippen molar-refractivity contribution in [3.8, 4) is 0 Å². The number of allylic oxidation sites excluding steroid dienone is 1. The molecule has 2 unspecified atom stereocenters. The number of nitrogens with one attached hydrogen (secondary N) is 1. The number of hydrogen-bond acceptors (Lipinski definition) is 2. The molecule has 0 aromatic carbocycles. The summed E-state index contributed by atoms with van der Waals surface area (Å²) in [6, 6.07) is 0.615. The topological polar surface area (TPSA) is 12.0 Å². The monoisotopic (exact) mass is 227 g/mol. The molecule has 0 fully saturated rings. The Kier molecular flexibility index (Phi) is 6.42. The largest absolute Gasteiger partial charge is 0.313 e. The third-order valence-electron chi connectivity index (χ3n) is 3.24. The first-order valence-corrected chi connectivity index (χ1v) is 7.30. The van der Waals surface area contributed by atoms with Crippen molar-refractivity contribution in [1.29, 1.82) is 0 Å². The Morgan fingerprint density at radius 2 is 2.27 bits per heavy atom. The molecule has 1 aliphatic rings. The smallest absolute Gasteiger partial charge is 0.0368 e. The van der Waals surface area contributed by atoms with Gasteiger partial charge in [-0.3, -0.25) is 0 Å². The van der Waals surface area contributed by atoms with Crippen LogP contribution in [0, 0.1) is 0 Å². The van der Waals surface area contributed by atoms with Gasteiger partial charge in [-0.2, -0.15) is 11.8 Å². The van der Waals surface area contributed by atoms with E-state index in [-0.39, 0.29) is 0 Å². The van der Waals surface area contributed by atoms with Crippen molar-refractivity contribution < 1.29 is 0 Å². The van der Waals surface area contributed by atoms with Crippen molar-refractivity contribution >= 4 is 11.8 Å². The molecule has 1 nitrogen and oxygen atoms in total. The minimum Gasteiger partial charge on any atom is -0.313 e. The minimum absolute atomic E-state index is 0.615. The van der Waals surface area contributed by atoms with Crippen LogP contribution in [0.2, 0.25) is 0 Å². The molecular formula is C13H25NS. The average Bonchev–Trinajstić information content (AvgIpc) is 2.31. The van der Waals surface area contributed by atoms with Crippen molar-refractivity contribution in [3.63, 3.8) is 0 Å². The fourth-order valence-electron chi connectivity index (χ4n) is 1.93. The molecular weight excluding hydrogens is 202 g/mol. The van der Waals surface area contributed by atoms with Crippen LogP contribution >= 0.6 is 11.8 Å². The van der Waals surface area contributed by atoms with Crippen LogP contribution in [-0.2, 0) is 0 Å².